The molecule has 2 amide bonds. The van der Waals surface area contributed by atoms with Gasteiger partial charge in [0.05, 0.1) is 22.3 Å². The predicted octanol–water partition coefficient (Wildman–Crippen LogP) is 3.80. The third-order valence-electron chi connectivity index (χ3n) is 5.83. The van der Waals surface area contributed by atoms with Crippen molar-refractivity contribution in [3.8, 4) is 0 Å². The number of halogens is 2. The van der Waals surface area contributed by atoms with E-state index in [2.05, 4.69) is 24.1 Å². The van der Waals surface area contributed by atoms with Crippen LogP contribution < -0.4 is 10.9 Å². The van der Waals surface area contributed by atoms with E-state index in [1.165, 1.54) is 10.9 Å². The van der Waals surface area contributed by atoms with Gasteiger partial charge in [-0.25, -0.2) is 13.8 Å². The van der Waals surface area contributed by atoms with Crippen LogP contribution in [0.5, 0.6) is 0 Å². The Morgan fingerprint density at radius 3 is 2.58 bits per heavy atom. The molecule has 0 spiro atoms. The normalized spacial score (nSPS) is 18.5. The summed E-state index contributed by atoms with van der Waals surface area (Å²) in [5.74, 6) is -1.62. The standard InChI is InChI=1S/C23H24F2N4O3S/c1-12-6-13(2)9-28(8-12)18(30)10-29-11-26-22-19(23(29)32)14(3)20(33-22)21(31)27-17-5-4-15(24)7-16(17)25/h4-5,7,11-13H,6,8-10H2,1-3H3,(H,27,31)/t12-,13-/m0/s1. The van der Waals surface area contributed by atoms with Crippen molar-refractivity contribution in [1.29, 1.82) is 0 Å². The molecule has 0 unspecified atom stereocenters. The van der Waals surface area contributed by atoms with Gasteiger partial charge in [0.15, 0.2) is 0 Å². The lowest BCUT2D eigenvalue weighted by Gasteiger charge is -2.35. The number of anilines is 1. The number of hydrogen-bond donors (Lipinski definition) is 1. The largest absolute Gasteiger partial charge is 0.341 e. The fourth-order valence-electron chi connectivity index (χ4n) is 4.37. The maximum absolute atomic E-state index is 13.9. The zero-order chi connectivity index (χ0) is 23.9. The molecule has 1 aromatic carbocycles. The number of carbonyl (C=O) groups excluding carboxylic acids is 2. The minimum atomic E-state index is -0.901. The van der Waals surface area contributed by atoms with Crippen molar-refractivity contribution in [1.82, 2.24) is 14.5 Å². The number of hydrogen-bond acceptors (Lipinski definition) is 5. The van der Waals surface area contributed by atoms with Crippen LogP contribution in [0.15, 0.2) is 29.3 Å². The van der Waals surface area contributed by atoms with Crippen molar-refractivity contribution in [2.45, 2.75) is 33.7 Å². The van der Waals surface area contributed by atoms with Crippen molar-refractivity contribution in [3.63, 3.8) is 0 Å². The Morgan fingerprint density at radius 1 is 1.21 bits per heavy atom. The van der Waals surface area contributed by atoms with Gasteiger partial charge in [-0.2, -0.15) is 0 Å². The summed E-state index contributed by atoms with van der Waals surface area (Å²) >= 11 is 1.00. The third kappa shape index (κ3) is 4.66. The van der Waals surface area contributed by atoms with Crippen LogP contribution in [0, 0.1) is 30.4 Å². The highest BCUT2D eigenvalue weighted by molar-refractivity contribution is 7.20. The molecule has 1 saturated heterocycles. The molecule has 0 radical (unpaired) electrons. The fraction of sp³-hybridized carbons (Fsp3) is 0.391. The lowest BCUT2D eigenvalue weighted by molar-refractivity contribution is -0.134. The number of benzene rings is 1. The van der Waals surface area contributed by atoms with Crippen LogP contribution in [0.4, 0.5) is 14.5 Å². The first-order chi connectivity index (χ1) is 15.6. The number of fused-ring (bicyclic) bond motifs is 1. The van der Waals surface area contributed by atoms with Crippen LogP contribution in [-0.2, 0) is 11.3 Å². The Bertz CT molecular complexity index is 1290. The number of thiophene rings is 1. The molecule has 3 heterocycles. The van der Waals surface area contributed by atoms with Crippen LogP contribution in [0.25, 0.3) is 10.2 Å². The Kier molecular flexibility index (Phi) is 6.29. The SMILES string of the molecule is Cc1c(C(=O)Nc2ccc(F)cc2F)sc2ncn(CC(=O)N3C[C@@H](C)C[C@H](C)C3)c(=O)c12. The Labute approximate surface area is 193 Å². The molecule has 1 fully saturated rings. The lowest BCUT2D eigenvalue weighted by atomic mass is 9.92. The summed E-state index contributed by atoms with van der Waals surface area (Å²) in [6.07, 6.45) is 2.38. The summed E-state index contributed by atoms with van der Waals surface area (Å²) < 4.78 is 28.3. The highest BCUT2D eigenvalue weighted by Crippen LogP contribution is 2.28. The van der Waals surface area contributed by atoms with Crippen molar-refractivity contribution in [3.05, 3.63) is 57.0 Å². The summed E-state index contributed by atoms with van der Waals surface area (Å²) in [5, 5.41) is 2.66. The number of nitrogens with zero attached hydrogens (tertiary/aromatic N) is 3. The highest BCUT2D eigenvalue weighted by Gasteiger charge is 2.26. The minimum Gasteiger partial charge on any atom is -0.341 e. The summed E-state index contributed by atoms with van der Waals surface area (Å²) in [6, 6.07) is 2.84. The molecule has 10 heteroatoms. The van der Waals surface area contributed by atoms with E-state index in [4.69, 9.17) is 0 Å². The topological polar surface area (TPSA) is 84.3 Å². The van der Waals surface area contributed by atoms with E-state index in [0.29, 0.717) is 41.4 Å². The van der Waals surface area contributed by atoms with E-state index >= 15 is 0 Å². The van der Waals surface area contributed by atoms with Crippen molar-refractivity contribution < 1.29 is 18.4 Å². The minimum absolute atomic E-state index is 0.126. The summed E-state index contributed by atoms with van der Waals surface area (Å²) in [4.78, 5) is 45.3. The van der Waals surface area contributed by atoms with Crippen molar-refractivity contribution in [2.24, 2.45) is 11.8 Å². The summed E-state index contributed by atoms with van der Waals surface area (Å²) in [5.41, 5.74) is -0.180. The molecule has 174 valence electrons. The molecule has 1 aliphatic heterocycles. The molecule has 0 aliphatic carbocycles. The van der Waals surface area contributed by atoms with E-state index in [1.807, 2.05) is 0 Å². The van der Waals surface area contributed by atoms with Crippen molar-refractivity contribution >= 4 is 39.1 Å². The summed E-state index contributed by atoms with van der Waals surface area (Å²) in [6.45, 7) is 7.02. The molecule has 3 aromatic rings. The Morgan fingerprint density at radius 2 is 1.91 bits per heavy atom. The van der Waals surface area contributed by atoms with E-state index in [1.54, 1.807) is 11.8 Å². The van der Waals surface area contributed by atoms with E-state index < -0.39 is 23.1 Å². The first kappa shape index (κ1) is 23.0. The predicted molar refractivity (Wildman–Crippen MR) is 122 cm³/mol. The molecule has 2 atom stereocenters. The zero-order valence-corrected chi connectivity index (χ0v) is 19.3. The second kappa shape index (κ2) is 9.01. The van der Waals surface area contributed by atoms with Gasteiger partial charge in [-0.1, -0.05) is 13.8 Å². The molecule has 1 N–H and O–H groups in total. The molecule has 0 bridgehead atoms. The second-order valence-electron chi connectivity index (χ2n) is 8.74. The number of likely N-dealkylation sites (tertiary alicyclic amines) is 1. The second-order valence-corrected chi connectivity index (χ2v) is 9.74. The van der Waals surface area contributed by atoms with Gasteiger partial charge in [-0.3, -0.25) is 19.0 Å². The van der Waals surface area contributed by atoms with Gasteiger partial charge in [-0.15, -0.1) is 11.3 Å². The smallest absolute Gasteiger partial charge is 0.266 e. The molecule has 2 aromatic heterocycles. The van der Waals surface area contributed by atoms with Gasteiger partial charge < -0.3 is 10.2 Å². The number of amides is 2. The fourth-order valence-corrected chi connectivity index (χ4v) is 5.41. The van der Waals surface area contributed by atoms with E-state index in [0.717, 1.165) is 29.9 Å². The molecule has 1 aliphatic rings. The first-order valence-corrected chi connectivity index (χ1v) is 11.5. The monoisotopic (exact) mass is 474 g/mol. The summed E-state index contributed by atoms with van der Waals surface area (Å²) in [7, 11) is 0. The third-order valence-corrected chi connectivity index (χ3v) is 7.03. The molecule has 0 saturated carbocycles. The van der Waals surface area contributed by atoms with Crippen LogP contribution in [0.2, 0.25) is 0 Å². The number of aryl methyl sites for hydroxylation is 1. The van der Waals surface area contributed by atoms with Crippen LogP contribution in [-0.4, -0.2) is 39.4 Å². The molecule has 4 rings (SSSR count). The van der Waals surface area contributed by atoms with Crippen molar-refractivity contribution in [2.75, 3.05) is 18.4 Å². The number of piperidine rings is 1. The number of nitrogens with one attached hydrogen (secondary N) is 1. The van der Waals surface area contributed by atoms with Gasteiger partial charge in [0.1, 0.15) is 23.0 Å². The van der Waals surface area contributed by atoms with Gasteiger partial charge >= 0.3 is 0 Å². The van der Waals surface area contributed by atoms with Gasteiger partial charge in [0, 0.05) is 19.2 Å². The number of aromatic nitrogens is 2. The van der Waals surface area contributed by atoms with Crippen LogP contribution in [0.3, 0.4) is 0 Å². The average molecular weight is 475 g/mol. The molecular formula is C23H24F2N4O3S. The zero-order valence-electron chi connectivity index (χ0n) is 18.5. The molecular weight excluding hydrogens is 450 g/mol. The van der Waals surface area contributed by atoms with Gasteiger partial charge in [0.25, 0.3) is 11.5 Å². The van der Waals surface area contributed by atoms with Gasteiger partial charge in [-0.05, 0) is 42.9 Å². The maximum atomic E-state index is 13.9. The highest BCUT2D eigenvalue weighted by atomic mass is 32.1. The van der Waals surface area contributed by atoms with Crippen LogP contribution in [0.1, 0.15) is 35.5 Å². The van der Waals surface area contributed by atoms with Gasteiger partial charge in [0.2, 0.25) is 5.91 Å². The maximum Gasteiger partial charge on any atom is 0.266 e. The quantitative estimate of drug-likeness (QED) is 0.624. The van der Waals surface area contributed by atoms with E-state index in [9.17, 15) is 23.2 Å². The van der Waals surface area contributed by atoms with E-state index in [-0.39, 0.29) is 28.4 Å². The molecule has 33 heavy (non-hydrogen) atoms. The lowest BCUT2D eigenvalue weighted by Crippen LogP contribution is -2.44. The first-order valence-electron chi connectivity index (χ1n) is 10.7. The number of rotatable bonds is 4. The Hall–Kier alpha value is -3.14. The average Bonchev–Trinajstić information content (AvgIpc) is 3.08. The van der Waals surface area contributed by atoms with Crippen LogP contribution >= 0.6 is 11.3 Å². The number of carbonyl (C=O) groups is 2. The molecule has 7 nitrogen and oxygen atoms in total. The Balaban J connectivity index is 1.59.